The molecule has 1 aliphatic heterocycles. The largest absolute Gasteiger partial charge is 0.338 e. The monoisotopic (exact) mass is 425 g/mol. The summed E-state index contributed by atoms with van der Waals surface area (Å²) >= 11 is 3.11. The van der Waals surface area contributed by atoms with Crippen molar-refractivity contribution in [1.29, 1.82) is 0 Å². The highest BCUT2D eigenvalue weighted by Crippen LogP contribution is 2.28. The second-order valence-electron chi connectivity index (χ2n) is 7.63. The first-order valence-electron chi connectivity index (χ1n) is 9.59. The van der Waals surface area contributed by atoms with E-state index in [-0.39, 0.29) is 11.8 Å². The Kier molecular flexibility index (Phi) is 5.52. The molecule has 0 atom stereocenters. The fraction of sp³-hybridized carbons (Fsp3) is 0.318. The number of nitrogens with zero attached hydrogens (tertiary/aromatic N) is 3. The molecule has 1 fully saturated rings. The summed E-state index contributed by atoms with van der Waals surface area (Å²) in [6.45, 7) is 6.07. The van der Waals surface area contributed by atoms with Gasteiger partial charge in [-0.1, -0.05) is 30.3 Å². The van der Waals surface area contributed by atoms with Crippen molar-refractivity contribution in [2.45, 2.75) is 19.3 Å². The maximum atomic E-state index is 13.1. The third-order valence-corrected chi connectivity index (χ3v) is 6.95. The summed E-state index contributed by atoms with van der Waals surface area (Å²) in [7, 11) is 0. The maximum absolute atomic E-state index is 13.1. The van der Waals surface area contributed by atoms with Crippen LogP contribution in [0.4, 0.5) is 0 Å². The summed E-state index contributed by atoms with van der Waals surface area (Å²) < 4.78 is 0. The number of aromatic nitrogens is 1. The molecule has 3 aromatic rings. The Labute approximate surface area is 178 Å². The molecular formula is C22H23N3O2S2. The van der Waals surface area contributed by atoms with Gasteiger partial charge in [0.1, 0.15) is 10.7 Å². The molecule has 5 nitrogen and oxygen atoms in total. The van der Waals surface area contributed by atoms with Gasteiger partial charge in [0.2, 0.25) is 5.91 Å². The van der Waals surface area contributed by atoms with E-state index in [4.69, 9.17) is 0 Å². The van der Waals surface area contributed by atoms with Crippen LogP contribution in [-0.4, -0.2) is 52.8 Å². The summed E-state index contributed by atoms with van der Waals surface area (Å²) in [4.78, 5) is 34.1. The molecule has 1 aromatic carbocycles. The predicted molar refractivity (Wildman–Crippen MR) is 117 cm³/mol. The van der Waals surface area contributed by atoms with Crippen LogP contribution in [0, 0.1) is 0 Å². The zero-order chi connectivity index (χ0) is 20.4. The highest BCUT2D eigenvalue weighted by atomic mass is 32.1. The molecule has 0 spiro atoms. The molecule has 7 heteroatoms. The van der Waals surface area contributed by atoms with Crippen molar-refractivity contribution < 1.29 is 9.59 Å². The Balaban J connectivity index is 1.39. The number of thiophene rings is 1. The molecule has 150 valence electrons. The first kappa shape index (κ1) is 19.8. The SMILES string of the molecule is CC(C)(C(=O)N1CCN(C(=O)c2csc(-c3ccsc3)n2)CC1)c1ccccc1. The van der Waals surface area contributed by atoms with Crippen LogP contribution in [0.2, 0.25) is 0 Å². The van der Waals surface area contributed by atoms with Crippen molar-refractivity contribution in [3.05, 3.63) is 63.8 Å². The van der Waals surface area contributed by atoms with Gasteiger partial charge in [0.25, 0.3) is 5.91 Å². The number of hydrogen-bond donors (Lipinski definition) is 0. The minimum Gasteiger partial charge on any atom is -0.338 e. The van der Waals surface area contributed by atoms with E-state index in [0.29, 0.717) is 31.9 Å². The molecule has 2 amide bonds. The molecule has 0 saturated carbocycles. The van der Waals surface area contributed by atoms with Crippen LogP contribution < -0.4 is 0 Å². The Hall–Kier alpha value is -2.51. The summed E-state index contributed by atoms with van der Waals surface area (Å²) in [6, 6.07) is 11.9. The molecule has 1 saturated heterocycles. The van der Waals surface area contributed by atoms with Gasteiger partial charge in [0.05, 0.1) is 5.41 Å². The quantitative estimate of drug-likeness (QED) is 0.631. The lowest BCUT2D eigenvalue weighted by molar-refractivity contribution is -0.137. The molecule has 0 bridgehead atoms. The molecule has 0 radical (unpaired) electrons. The lowest BCUT2D eigenvalue weighted by Crippen LogP contribution is -2.54. The van der Waals surface area contributed by atoms with Crippen molar-refractivity contribution in [3.63, 3.8) is 0 Å². The zero-order valence-electron chi connectivity index (χ0n) is 16.5. The predicted octanol–water partition coefficient (Wildman–Crippen LogP) is 4.13. The van der Waals surface area contributed by atoms with E-state index in [2.05, 4.69) is 4.98 Å². The molecule has 1 aliphatic rings. The fourth-order valence-corrected chi connectivity index (χ4v) is 5.04. The van der Waals surface area contributed by atoms with Crippen molar-refractivity contribution in [3.8, 4) is 10.6 Å². The van der Waals surface area contributed by atoms with E-state index in [9.17, 15) is 9.59 Å². The Morgan fingerprint density at radius 3 is 2.31 bits per heavy atom. The van der Waals surface area contributed by atoms with Crippen molar-refractivity contribution >= 4 is 34.5 Å². The average molecular weight is 426 g/mol. The van der Waals surface area contributed by atoms with Crippen LogP contribution in [0.15, 0.2) is 52.5 Å². The lowest BCUT2D eigenvalue weighted by Gasteiger charge is -2.38. The smallest absolute Gasteiger partial charge is 0.273 e. The van der Waals surface area contributed by atoms with Gasteiger partial charge in [0.15, 0.2) is 0 Å². The molecule has 0 aliphatic carbocycles. The van der Waals surface area contributed by atoms with Crippen LogP contribution in [-0.2, 0) is 10.2 Å². The van der Waals surface area contributed by atoms with Gasteiger partial charge in [0, 0.05) is 42.5 Å². The van der Waals surface area contributed by atoms with E-state index >= 15 is 0 Å². The minimum atomic E-state index is -0.586. The van der Waals surface area contributed by atoms with Crippen molar-refractivity contribution in [2.24, 2.45) is 0 Å². The summed E-state index contributed by atoms with van der Waals surface area (Å²) in [5, 5.41) is 6.73. The summed E-state index contributed by atoms with van der Waals surface area (Å²) in [5.41, 5.74) is 1.96. The van der Waals surface area contributed by atoms with Crippen LogP contribution in [0.5, 0.6) is 0 Å². The van der Waals surface area contributed by atoms with Gasteiger partial charge in [-0.2, -0.15) is 11.3 Å². The summed E-state index contributed by atoms with van der Waals surface area (Å²) in [5.74, 6) is 0.0429. The third kappa shape index (κ3) is 3.97. The second kappa shape index (κ2) is 8.08. The zero-order valence-corrected chi connectivity index (χ0v) is 18.1. The number of rotatable bonds is 4. The van der Waals surface area contributed by atoms with Gasteiger partial charge in [-0.15, -0.1) is 11.3 Å². The van der Waals surface area contributed by atoms with Crippen LogP contribution in [0.1, 0.15) is 29.9 Å². The van der Waals surface area contributed by atoms with E-state index in [1.165, 1.54) is 11.3 Å². The number of amides is 2. The Bertz CT molecular complexity index is 988. The molecular weight excluding hydrogens is 402 g/mol. The second-order valence-corrected chi connectivity index (χ2v) is 9.26. The van der Waals surface area contributed by atoms with Crippen molar-refractivity contribution in [2.75, 3.05) is 26.2 Å². The van der Waals surface area contributed by atoms with E-state index < -0.39 is 5.41 Å². The normalized spacial score (nSPS) is 14.8. The fourth-order valence-electron chi connectivity index (χ4n) is 3.54. The Morgan fingerprint density at radius 2 is 1.66 bits per heavy atom. The highest BCUT2D eigenvalue weighted by Gasteiger charge is 2.35. The molecule has 0 unspecified atom stereocenters. The number of thiazole rings is 1. The van der Waals surface area contributed by atoms with Crippen LogP contribution in [0.3, 0.4) is 0 Å². The topological polar surface area (TPSA) is 53.5 Å². The van der Waals surface area contributed by atoms with Gasteiger partial charge >= 0.3 is 0 Å². The Morgan fingerprint density at radius 1 is 0.966 bits per heavy atom. The van der Waals surface area contributed by atoms with Crippen molar-refractivity contribution in [1.82, 2.24) is 14.8 Å². The van der Waals surface area contributed by atoms with E-state index in [0.717, 1.165) is 16.1 Å². The standard InChI is InChI=1S/C22H23N3O2S2/c1-22(2,17-6-4-3-5-7-17)21(27)25-11-9-24(10-12-25)20(26)18-15-29-19(23-18)16-8-13-28-14-16/h3-8,13-15H,9-12H2,1-2H3. The minimum absolute atomic E-state index is 0.0582. The molecule has 2 aromatic heterocycles. The third-order valence-electron chi connectivity index (χ3n) is 5.38. The number of carbonyl (C=O) groups excluding carboxylic acids is 2. The van der Waals surface area contributed by atoms with Gasteiger partial charge < -0.3 is 9.80 Å². The first-order chi connectivity index (χ1) is 14.0. The average Bonchev–Trinajstić information content (AvgIpc) is 3.45. The van der Waals surface area contributed by atoms with Gasteiger partial charge in [-0.05, 0) is 30.9 Å². The maximum Gasteiger partial charge on any atom is 0.273 e. The molecule has 4 rings (SSSR count). The molecule has 0 N–H and O–H groups in total. The van der Waals surface area contributed by atoms with Gasteiger partial charge in [-0.25, -0.2) is 4.98 Å². The molecule has 29 heavy (non-hydrogen) atoms. The first-order valence-corrected chi connectivity index (χ1v) is 11.4. The lowest BCUT2D eigenvalue weighted by atomic mass is 9.83. The number of piperazine rings is 1. The van der Waals surface area contributed by atoms with Crippen LogP contribution >= 0.6 is 22.7 Å². The molecule has 3 heterocycles. The van der Waals surface area contributed by atoms with E-state index in [1.54, 1.807) is 16.2 Å². The van der Waals surface area contributed by atoms with Gasteiger partial charge in [-0.3, -0.25) is 9.59 Å². The van der Waals surface area contributed by atoms with Crippen LogP contribution in [0.25, 0.3) is 10.6 Å². The highest BCUT2D eigenvalue weighted by molar-refractivity contribution is 7.14. The number of carbonyl (C=O) groups is 2. The summed E-state index contributed by atoms with van der Waals surface area (Å²) in [6.07, 6.45) is 0. The number of benzene rings is 1. The number of hydrogen-bond acceptors (Lipinski definition) is 5. The van der Waals surface area contributed by atoms with E-state index in [1.807, 2.05) is 71.3 Å².